The lowest BCUT2D eigenvalue weighted by Gasteiger charge is -2.40. The van der Waals surface area contributed by atoms with Gasteiger partial charge in [0, 0.05) is 0 Å². The van der Waals surface area contributed by atoms with E-state index < -0.39 is 0 Å². The monoisotopic (exact) mass is 250 g/mol. The summed E-state index contributed by atoms with van der Waals surface area (Å²) in [5.41, 5.74) is 0. The molecule has 2 fully saturated rings. The molecule has 2 aliphatic carbocycles. The summed E-state index contributed by atoms with van der Waals surface area (Å²) in [5.74, 6) is 6.07. The third-order valence-electron chi connectivity index (χ3n) is 6.12. The summed E-state index contributed by atoms with van der Waals surface area (Å²) >= 11 is 0. The van der Waals surface area contributed by atoms with Gasteiger partial charge in [0.15, 0.2) is 0 Å². The van der Waals surface area contributed by atoms with Crippen molar-refractivity contribution in [1.82, 2.24) is 0 Å². The van der Waals surface area contributed by atoms with Crippen LogP contribution in [0, 0.1) is 35.5 Å². The van der Waals surface area contributed by atoms with E-state index in [0.29, 0.717) is 0 Å². The molecular formula is C18H34. The van der Waals surface area contributed by atoms with E-state index in [1.807, 2.05) is 0 Å². The van der Waals surface area contributed by atoms with Crippen molar-refractivity contribution in [1.29, 1.82) is 0 Å². The first-order valence-corrected chi connectivity index (χ1v) is 8.58. The summed E-state index contributed by atoms with van der Waals surface area (Å²) in [6.07, 6.45) is 12.2. The Kier molecular flexibility index (Phi) is 5.15. The molecule has 0 amide bonds. The molecule has 0 aliphatic heterocycles. The molecule has 2 unspecified atom stereocenters. The Bertz CT molecular complexity index is 232. The van der Waals surface area contributed by atoms with Crippen LogP contribution in [-0.2, 0) is 0 Å². The lowest BCUT2D eigenvalue weighted by atomic mass is 9.66. The predicted molar refractivity (Wildman–Crippen MR) is 80.6 cm³/mol. The van der Waals surface area contributed by atoms with Gasteiger partial charge in [-0.2, -0.15) is 0 Å². The molecule has 18 heavy (non-hydrogen) atoms. The maximum atomic E-state index is 2.43. The summed E-state index contributed by atoms with van der Waals surface area (Å²) in [6.45, 7) is 9.70. The lowest BCUT2D eigenvalue weighted by molar-refractivity contribution is 0.112. The van der Waals surface area contributed by atoms with Crippen molar-refractivity contribution in [2.75, 3.05) is 0 Å². The van der Waals surface area contributed by atoms with Crippen LogP contribution in [0.5, 0.6) is 0 Å². The Labute approximate surface area is 115 Å². The second-order valence-electron chi connectivity index (χ2n) is 7.85. The third kappa shape index (κ3) is 3.52. The van der Waals surface area contributed by atoms with E-state index >= 15 is 0 Å². The smallest absolute Gasteiger partial charge is 0.0383 e. The molecule has 0 radical (unpaired) electrons. The zero-order chi connectivity index (χ0) is 13.1. The highest BCUT2D eigenvalue weighted by Crippen LogP contribution is 2.44. The first-order chi connectivity index (χ1) is 8.58. The summed E-state index contributed by atoms with van der Waals surface area (Å²) in [7, 11) is 0. The zero-order valence-corrected chi connectivity index (χ0v) is 13.1. The number of rotatable bonds is 3. The highest BCUT2D eigenvalue weighted by atomic mass is 14.4. The van der Waals surface area contributed by atoms with Gasteiger partial charge in [0.25, 0.3) is 0 Å². The van der Waals surface area contributed by atoms with Crippen LogP contribution in [0.15, 0.2) is 0 Å². The SMILES string of the molecule is CC(C)C1CCC(C2CCCC(C(C)C)C2)CC1. The Hall–Kier alpha value is 0. The Morgan fingerprint density at radius 1 is 0.611 bits per heavy atom. The fourth-order valence-electron chi connectivity index (χ4n) is 4.58. The topological polar surface area (TPSA) is 0 Å². The summed E-state index contributed by atoms with van der Waals surface area (Å²) in [4.78, 5) is 0. The van der Waals surface area contributed by atoms with Crippen LogP contribution in [0.25, 0.3) is 0 Å². The summed E-state index contributed by atoms with van der Waals surface area (Å²) in [5, 5.41) is 0. The van der Waals surface area contributed by atoms with Gasteiger partial charge in [-0.15, -0.1) is 0 Å². The van der Waals surface area contributed by atoms with Gasteiger partial charge < -0.3 is 0 Å². The van der Waals surface area contributed by atoms with E-state index in [9.17, 15) is 0 Å². The molecule has 0 heteroatoms. The molecule has 0 aromatic rings. The molecule has 0 bridgehead atoms. The van der Waals surface area contributed by atoms with Crippen LogP contribution in [0.2, 0.25) is 0 Å². The standard InChI is InChI=1S/C18H34/c1-13(2)15-8-10-16(11-9-15)18-7-5-6-17(12-18)14(3)4/h13-18H,5-12H2,1-4H3. The van der Waals surface area contributed by atoms with E-state index in [2.05, 4.69) is 27.7 Å². The molecule has 0 saturated heterocycles. The molecule has 0 nitrogen and oxygen atoms in total. The molecule has 0 aromatic carbocycles. The van der Waals surface area contributed by atoms with Crippen LogP contribution >= 0.6 is 0 Å². The average molecular weight is 250 g/mol. The van der Waals surface area contributed by atoms with Gasteiger partial charge in [-0.25, -0.2) is 0 Å². The molecule has 2 rings (SSSR count). The zero-order valence-electron chi connectivity index (χ0n) is 13.1. The van der Waals surface area contributed by atoms with Crippen molar-refractivity contribution in [3.63, 3.8) is 0 Å². The van der Waals surface area contributed by atoms with E-state index in [1.165, 1.54) is 25.7 Å². The van der Waals surface area contributed by atoms with Crippen LogP contribution < -0.4 is 0 Å². The van der Waals surface area contributed by atoms with Crippen molar-refractivity contribution >= 4 is 0 Å². The molecule has 0 spiro atoms. The van der Waals surface area contributed by atoms with E-state index in [-0.39, 0.29) is 0 Å². The summed E-state index contributed by atoms with van der Waals surface area (Å²) < 4.78 is 0. The molecular weight excluding hydrogens is 216 g/mol. The maximum absolute atomic E-state index is 2.43. The van der Waals surface area contributed by atoms with E-state index in [1.54, 1.807) is 25.7 Å². The van der Waals surface area contributed by atoms with Gasteiger partial charge in [0.2, 0.25) is 0 Å². The van der Waals surface area contributed by atoms with Gasteiger partial charge >= 0.3 is 0 Å². The van der Waals surface area contributed by atoms with E-state index in [0.717, 1.165) is 35.5 Å². The minimum Gasteiger partial charge on any atom is -0.0625 e. The minimum absolute atomic E-state index is 0.916. The normalized spacial score (nSPS) is 38.3. The molecule has 2 aliphatic rings. The number of hydrogen-bond acceptors (Lipinski definition) is 0. The maximum Gasteiger partial charge on any atom is -0.0383 e. The quantitative estimate of drug-likeness (QED) is 0.584. The second-order valence-corrected chi connectivity index (χ2v) is 7.85. The Morgan fingerprint density at radius 2 is 1.22 bits per heavy atom. The van der Waals surface area contributed by atoms with Crippen LogP contribution in [-0.4, -0.2) is 0 Å². The number of hydrogen-bond donors (Lipinski definition) is 0. The minimum atomic E-state index is 0.916. The van der Waals surface area contributed by atoms with Crippen molar-refractivity contribution in [3.05, 3.63) is 0 Å². The fourth-order valence-corrected chi connectivity index (χ4v) is 4.58. The molecule has 2 saturated carbocycles. The molecule has 0 heterocycles. The Morgan fingerprint density at radius 3 is 1.78 bits per heavy atom. The molecule has 106 valence electrons. The molecule has 2 atom stereocenters. The first-order valence-electron chi connectivity index (χ1n) is 8.58. The predicted octanol–water partition coefficient (Wildman–Crippen LogP) is 5.91. The Balaban J connectivity index is 1.82. The highest BCUT2D eigenvalue weighted by Gasteiger charge is 2.32. The molecule has 0 N–H and O–H groups in total. The van der Waals surface area contributed by atoms with Crippen molar-refractivity contribution in [2.24, 2.45) is 35.5 Å². The van der Waals surface area contributed by atoms with Crippen LogP contribution in [0.1, 0.15) is 79.1 Å². The third-order valence-corrected chi connectivity index (χ3v) is 6.12. The summed E-state index contributed by atoms with van der Waals surface area (Å²) in [6, 6.07) is 0. The second kappa shape index (κ2) is 6.44. The largest absolute Gasteiger partial charge is 0.0625 e. The van der Waals surface area contributed by atoms with Gasteiger partial charge in [0.05, 0.1) is 0 Å². The van der Waals surface area contributed by atoms with Crippen molar-refractivity contribution < 1.29 is 0 Å². The van der Waals surface area contributed by atoms with Crippen LogP contribution in [0.4, 0.5) is 0 Å². The first kappa shape index (κ1) is 14.4. The average Bonchev–Trinajstić information content (AvgIpc) is 2.39. The van der Waals surface area contributed by atoms with Gasteiger partial charge in [-0.3, -0.25) is 0 Å². The van der Waals surface area contributed by atoms with Crippen molar-refractivity contribution in [2.45, 2.75) is 79.1 Å². The van der Waals surface area contributed by atoms with Gasteiger partial charge in [-0.1, -0.05) is 47.0 Å². The van der Waals surface area contributed by atoms with Crippen molar-refractivity contribution in [3.8, 4) is 0 Å². The highest BCUT2D eigenvalue weighted by molar-refractivity contribution is 4.83. The van der Waals surface area contributed by atoms with E-state index in [4.69, 9.17) is 0 Å². The van der Waals surface area contributed by atoms with Gasteiger partial charge in [0.1, 0.15) is 0 Å². The fraction of sp³-hybridized carbons (Fsp3) is 1.00. The molecule has 0 aromatic heterocycles. The lowest BCUT2D eigenvalue weighted by Crippen LogP contribution is -2.29. The van der Waals surface area contributed by atoms with Crippen LogP contribution in [0.3, 0.4) is 0 Å². The van der Waals surface area contributed by atoms with Gasteiger partial charge in [-0.05, 0) is 67.6 Å².